The zero-order valence-corrected chi connectivity index (χ0v) is 14.2. The van der Waals surface area contributed by atoms with E-state index in [0.29, 0.717) is 12.6 Å². The number of ether oxygens (including phenoxy) is 1. The van der Waals surface area contributed by atoms with Gasteiger partial charge in [-0.2, -0.15) is 0 Å². The van der Waals surface area contributed by atoms with Crippen LogP contribution in [0, 0.1) is 0 Å². The van der Waals surface area contributed by atoms with Crippen molar-refractivity contribution in [2.75, 3.05) is 39.9 Å². The summed E-state index contributed by atoms with van der Waals surface area (Å²) in [7, 11) is 2.21. The summed E-state index contributed by atoms with van der Waals surface area (Å²) in [6.07, 6.45) is 8.01. The van der Waals surface area contributed by atoms with Crippen molar-refractivity contribution >= 4 is 0 Å². The number of nitrogens with zero attached hydrogens (tertiary/aromatic N) is 4. The summed E-state index contributed by atoms with van der Waals surface area (Å²) in [5, 5.41) is 0. The van der Waals surface area contributed by atoms with Crippen molar-refractivity contribution in [2.24, 2.45) is 0 Å². The van der Waals surface area contributed by atoms with Crippen LogP contribution in [-0.4, -0.2) is 70.7 Å². The van der Waals surface area contributed by atoms with Gasteiger partial charge in [-0.25, -0.2) is 4.98 Å². The summed E-state index contributed by atoms with van der Waals surface area (Å²) in [5.41, 5.74) is 2.09. The number of aromatic nitrogens is 3. The van der Waals surface area contributed by atoms with Gasteiger partial charge < -0.3 is 14.6 Å². The van der Waals surface area contributed by atoms with Crippen molar-refractivity contribution in [3.05, 3.63) is 36.5 Å². The Hall–Kier alpha value is -1.76. The Morgan fingerprint density at radius 2 is 2.08 bits per heavy atom. The summed E-state index contributed by atoms with van der Waals surface area (Å²) in [4.78, 5) is 17.4. The van der Waals surface area contributed by atoms with Crippen LogP contribution < -0.4 is 0 Å². The highest BCUT2D eigenvalue weighted by atomic mass is 16.5. The van der Waals surface area contributed by atoms with Crippen LogP contribution >= 0.6 is 0 Å². The Labute approximate surface area is 142 Å². The van der Waals surface area contributed by atoms with Crippen molar-refractivity contribution in [1.82, 2.24) is 24.8 Å². The zero-order valence-electron chi connectivity index (χ0n) is 14.2. The number of pyridine rings is 1. The second-order valence-electron chi connectivity index (χ2n) is 6.79. The maximum atomic E-state index is 5.77. The quantitative estimate of drug-likeness (QED) is 0.934. The van der Waals surface area contributed by atoms with E-state index in [2.05, 4.69) is 37.9 Å². The Kier molecular flexibility index (Phi) is 4.60. The molecule has 1 atom stereocenters. The molecule has 0 amide bonds. The van der Waals surface area contributed by atoms with Crippen molar-refractivity contribution in [1.29, 1.82) is 0 Å². The first-order valence-electron chi connectivity index (χ1n) is 8.78. The standard InChI is InChI=1S/C18H25N5O/c1-22-7-4-15(5-8-22)23-9-10-24-13-17(23)18-20-12-16(21-18)14-3-2-6-19-11-14/h2-3,6,11-12,15,17H,4-5,7-10,13H2,1H3,(H,20,21)/t17-/m0/s1. The van der Waals surface area contributed by atoms with Crippen molar-refractivity contribution in [3.63, 3.8) is 0 Å². The average molecular weight is 327 g/mol. The fraction of sp³-hybridized carbons (Fsp3) is 0.556. The highest BCUT2D eigenvalue weighted by Crippen LogP contribution is 2.29. The first kappa shape index (κ1) is 15.7. The number of imidazole rings is 1. The molecule has 0 bridgehead atoms. The van der Waals surface area contributed by atoms with E-state index in [1.807, 2.05) is 18.5 Å². The number of H-pyrrole nitrogens is 1. The molecule has 0 radical (unpaired) electrons. The lowest BCUT2D eigenvalue weighted by Crippen LogP contribution is -2.50. The highest BCUT2D eigenvalue weighted by molar-refractivity contribution is 5.56. The monoisotopic (exact) mass is 327 g/mol. The van der Waals surface area contributed by atoms with E-state index >= 15 is 0 Å². The van der Waals surface area contributed by atoms with Crippen LogP contribution in [0.4, 0.5) is 0 Å². The first-order chi connectivity index (χ1) is 11.8. The van der Waals surface area contributed by atoms with Gasteiger partial charge in [-0.15, -0.1) is 0 Å². The lowest BCUT2D eigenvalue weighted by atomic mass is 10.0. The van der Waals surface area contributed by atoms with E-state index < -0.39 is 0 Å². The lowest BCUT2D eigenvalue weighted by Gasteiger charge is -2.43. The molecule has 2 aromatic rings. The van der Waals surface area contributed by atoms with E-state index in [-0.39, 0.29) is 6.04 Å². The molecule has 128 valence electrons. The van der Waals surface area contributed by atoms with Gasteiger partial charge in [-0.3, -0.25) is 9.88 Å². The van der Waals surface area contributed by atoms with Crippen molar-refractivity contribution < 1.29 is 4.74 Å². The molecule has 2 aliphatic rings. The minimum atomic E-state index is 0.220. The molecule has 24 heavy (non-hydrogen) atoms. The Bertz CT molecular complexity index is 650. The summed E-state index contributed by atoms with van der Waals surface area (Å²) in [5.74, 6) is 1.01. The van der Waals surface area contributed by atoms with Crippen LogP contribution in [0.3, 0.4) is 0 Å². The fourth-order valence-corrected chi connectivity index (χ4v) is 3.79. The molecule has 2 saturated heterocycles. The van der Waals surface area contributed by atoms with Crippen molar-refractivity contribution in [2.45, 2.75) is 24.9 Å². The highest BCUT2D eigenvalue weighted by Gasteiger charge is 2.33. The number of hydrogen-bond donors (Lipinski definition) is 1. The van der Waals surface area contributed by atoms with Gasteiger partial charge in [0.2, 0.25) is 0 Å². The summed E-state index contributed by atoms with van der Waals surface area (Å²) in [6.45, 7) is 4.87. The van der Waals surface area contributed by atoms with Crippen LogP contribution in [0.2, 0.25) is 0 Å². The average Bonchev–Trinajstić information content (AvgIpc) is 3.13. The third-order valence-corrected chi connectivity index (χ3v) is 5.21. The van der Waals surface area contributed by atoms with Gasteiger partial charge in [0.1, 0.15) is 5.82 Å². The number of rotatable bonds is 3. The second kappa shape index (κ2) is 7.01. The van der Waals surface area contributed by atoms with Gasteiger partial charge in [-0.1, -0.05) is 0 Å². The minimum Gasteiger partial charge on any atom is -0.378 e. The number of morpholine rings is 1. The Balaban J connectivity index is 1.54. The molecular formula is C18H25N5O. The Morgan fingerprint density at radius 3 is 2.88 bits per heavy atom. The van der Waals surface area contributed by atoms with Gasteiger partial charge in [0.25, 0.3) is 0 Å². The first-order valence-corrected chi connectivity index (χ1v) is 8.78. The van der Waals surface area contributed by atoms with E-state index in [9.17, 15) is 0 Å². The largest absolute Gasteiger partial charge is 0.378 e. The molecule has 6 nitrogen and oxygen atoms in total. The summed E-state index contributed by atoms with van der Waals surface area (Å²) in [6, 6.07) is 4.85. The maximum absolute atomic E-state index is 5.77. The molecule has 0 aromatic carbocycles. The van der Waals surface area contributed by atoms with Gasteiger partial charge in [0.05, 0.1) is 31.1 Å². The predicted molar refractivity (Wildman–Crippen MR) is 92.6 cm³/mol. The number of hydrogen-bond acceptors (Lipinski definition) is 5. The van der Waals surface area contributed by atoms with E-state index in [1.165, 1.54) is 25.9 Å². The second-order valence-corrected chi connectivity index (χ2v) is 6.79. The number of likely N-dealkylation sites (tertiary alicyclic amines) is 1. The minimum absolute atomic E-state index is 0.220. The maximum Gasteiger partial charge on any atom is 0.126 e. The molecule has 2 aromatic heterocycles. The Morgan fingerprint density at radius 1 is 1.21 bits per heavy atom. The van der Waals surface area contributed by atoms with Gasteiger partial charge in [0, 0.05) is 30.5 Å². The van der Waals surface area contributed by atoms with Crippen LogP contribution in [0.15, 0.2) is 30.7 Å². The topological polar surface area (TPSA) is 57.3 Å². The molecule has 4 heterocycles. The summed E-state index contributed by atoms with van der Waals surface area (Å²) >= 11 is 0. The molecule has 4 rings (SSSR count). The molecule has 2 aliphatic heterocycles. The van der Waals surface area contributed by atoms with Crippen LogP contribution in [0.5, 0.6) is 0 Å². The SMILES string of the molecule is CN1CCC(N2CCOC[C@H]2c2ncc(-c3cccnc3)[nH]2)CC1. The van der Waals surface area contributed by atoms with E-state index in [4.69, 9.17) is 4.74 Å². The summed E-state index contributed by atoms with van der Waals surface area (Å²) < 4.78 is 5.77. The van der Waals surface area contributed by atoms with E-state index in [0.717, 1.165) is 30.2 Å². The molecule has 0 spiro atoms. The van der Waals surface area contributed by atoms with Crippen LogP contribution in [0.25, 0.3) is 11.3 Å². The molecule has 0 unspecified atom stereocenters. The molecule has 0 saturated carbocycles. The van der Waals surface area contributed by atoms with Crippen LogP contribution in [-0.2, 0) is 4.74 Å². The molecule has 2 fully saturated rings. The smallest absolute Gasteiger partial charge is 0.126 e. The van der Waals surface area contributed by atoms with Crippen LogP contribution in [0.1, 0.15) is 24.7 Å². The van der Waals surface area contributed by atoms with Gasteiger partial charge in [0.15, 0.2) is 0 Å². The third-order valence-electron chi connectivity index (χ3n) is 5.21. The van der Waals surface area contributed by atoms with Gasteiger partial charge in [-0.05, 0) is 45.1 Å². The molecular weight excluding hydrogens is 302 g/mol. The number of piperidine rings is 1. The van der Waals surface area contributed by atoms with E-state index in [1.54, 1.807) is 6.20 Å². The third kappa shape index (κ3) is 3.22. The zero-order chi connectivity index (χ0) is 16.4. The predicted octanol–water partition coefficient (Wildman–Crippen LogP) is 1.94. The van der Waals surface area contributed by atoms with Gasteiger partial charge >= 0.3 is 0 Å². The molecule has 0 aliphatic carbocycles. The molecule has 1 N–H and O–H groups in total. The van der Waals surface area contributed by atoms with Crippen molar-refractivity contribution in [3.8, 4) is 11.3 Å². The lowest BCUT2D eigenvalue weighted by molar-refractivity contribution is -0.0441. The number of nitrogens with one attached hydrogen (secondary N) is 1. The normalized spacial score (nSPS) is 24.3. The fourth-order valence-electron chi connectivity index (χ4n) is 3.79. The molecule has 6 heteroatoms. The number of aromatic amines is 1.